The molecule has 0 fully saturated rings. The third-order valence-electron chi connectivity index (χ3n) is 5.10. The van der Waals surface area contributed by atoms with Gasteiger partial charge < -0.3 is 14.7 Å². The van der Waals surface area contributed by atoms with E-state index in [2.05, 4.69) is 33.6 Å². The zero-order chi connectivity index (χ0) is 20.5. The number of benzene rings is 1. The van der Waals surface area contributed by atoms with Gasteiger partial charge in [-0.05, 0) is 32.4 Å². The quantitative estimate of drug-likeness (QED) is 0.507. The largest absolute Gasteiger partial charge is 0.443 e. The Morgan fingerprint density at radius 1 is 1.17 bits per heavy atom. The second-order valence-electron chi connectivity index (χ2n) is 7.11. The van der Waals surface area contributed by atoms with Gasteiger partial charge in [0.1, 0.15) is 0 Å². The molecule has 4 aromatic rings. The van der Waals surface area contributed by atoms with Gasteiger partial charge in [-0.3, -0.25) is 9.78 Å². The Bertz CT molecular complexity index is 1200. The van der Waals surface area contributed by atoms with E-state index < -0.39 is 0 Å². The number of aromatic nitrogens is 3. The highest BCUT2D eigenvalue weighted by molar-refractivity contribution is 6.20. The molecule has 0 spiro atoms. The summed E-state index contributed by atoms with van der Waals surface area (Å²) >= 11 is 0. The Hall–Kier alpha value is -3.67. The smallest absolute Gasteiger partial charge is 0.181 e. The van der Waals surface area contributed by atoms with Crippen LogP contribution in [0.2, 0.25) is 0 Å². The predicted molar refractivity (Wildman–Crippen MR) is 113 cm³/mol. The Kier molecular flexibility index (Phi) is 4.76. The molecule has 0 amide bonds. The number of pyridine rings is 1. The number of Topliss-reactive ketones (excluding diaryl/α,β-unsaturated/α-hetero) is 1. The van der Waals surface area contributed by atoms with Crippen LogP contribution in [0, 0.1) is 0 Å². The van der Waals surface area contributed by atoms with E-state index in [1.54, 1.807) is 19.3 Å². The molecule has 0 saturated carbocycles. The highest BCUT2D eigenvalue weighted by atomic mass is 16.3. The summed E-state index contributed by atoms with van der Waals surface area (Å²) in [6.07, 6.45) is 6.79. The molecular weight excluding hydrogens is 364 g/mol. The summed E-state index contributed by atoms with van der Waals surface area (Å²) in [5, 5.41) is 0. The summed E-state index contributed by atoms with van der Waals surface area (Å²) in [5.74, 6) is 0.558. The molecule has 0 saturated heterocycles. The normalized spacial score (nSPS) is 13.3. The zero-order valence-corrected chi connectivity index (χ0v) is 16.6. The lowest BCUT2D eigenvalue weighted by Gasteiger charge is -2.16. The highest BCUT2D eigenvalue weighted by Crippen LogP contribution is 2.34. The molecule has 2 N–H and O–H groups in total. The summed E-state index contributed by atoms with van der Waals surface area (Å²) in [4.78, 5) is 20.9. The van der Waals surface area contributed by atoms with E-state index in [1.165, 1.54) is 13.3 Å². The number of allylic oxidation sites excluding steroid dienone is 2. The second-order valence-corrected chi connectivity index (χ2v) is 7.11. The molecule has 3 aromatic heterocycles. The summed E-state index contributed by atoms with van der Waals surface area (Å²) in [6.45, 7) is 5.37. The number of carbonyl (C=O) groups is 1. The van der Waals surface area contributed by atoms with Crippen molar-refractivity contribution in [2.45, 2.75) is 26.8 Å². The first-order valence-corrected chi connectivity index (χ1v) is 9.39. The molecule has 146 valence electrons. The molecule has 6 heteroatoms. The second kappa shape index (κ2) is 7.39. The maximum atomic E-state index is 12.2. The van der Waals surface area contributed by atoms with Crippen molar-refractivity contribution >= 4 is 22.4 Å². The van der Waals surface area contributed by atoms with Crippen molar-refractivity contribution in [2.24, 2.45) is 5.73 Å². The van der Waals surface area contributed by atoms with Gasteiger partial charge in [-0.2, -0.15) is 0 Å². The van der Waals surface area contributed by atoms with Crippen molar-refractivity contribution in [1.29, 1.82) is 0 Å². The van der Waals surface area contributed by atoms with Crippen molar-refractivity contribution in [3.63, 3.8) is 0 Å². The van der Waals surface area contributed by atoms with Crippen molar-refractivity contribution in [3.05, 3.63) is 78.2 Å². The number of fused-ring (bicyclic) bond motifs is 1. The van der Waals surface area contributed by atoms with Gasteiger partial charge in [0.15, 0.2) is 17.9 Å². The van der Waals surface area contributed by atoms with Gasteiger partial charge >= 0.3 is 0 Å². The van der Waals surface area contributed by atoms with Gasteiger partial charge in [0, 0.05) is 29.2 Å². The lowest BCUT2D eigenvalue weighted by Crippen LogP contribution is -2.07. The average Bonchev–Trinajstić information content (AvgIpc) is 3.35. The average molecular weight is 386 g/mol. The van der Waals surface area contributed by atoms with Crippen LogP contribution in [-0.4, -0.2) is 20.3 Å². The Morgan fingerprint density at radius 2 is 1.93 bits per heavy atom. The zero-order valence-electron chi connectivity index (χ0n) is 16.6. The molecule has 0 bridgehead atoms. The van der Waals surface area contributed by atoms with Crippen molar-refractivity contribution in [1.82, 2.24) is 14.5 Å². The summed E-state index contributed by atoms with van der Waals surface area (Å²) in [6, 6.07) is 12.2. The molecule has 4 rings (SSSR count). The van der Waals surface area contributed by atoms with Crippen LogP contribution in [-0.2, 0) is 4.79 Å². The van der Waals surface area contributed by atoms with Gasteiger partial charge in [0.2, 0.25) is 0 Å². The van der Waals surface area contributed by atoms with E-state index in [-0.39, 0.29) is 11.8 Å². The minimum Gasteiger partial charge on any atom is -0.443 e. The van der Waals surface area contributed by atoms with E-state index in [0.29, 0.717) is 22.6 Å². The van der Waals surface area contributed by atoms with Crippen LogP contribution in [0.5, 0.6) is 0 Å². The Balaban J connectivity index is 1.97. The van der Waals surface area contributed by atoms with Crippen LogP contribution in [0.3, 0.4) is 0 Å². The van der Waals surface area contributed by atoms with E-state index in [9.17, 15) is 4.79 Å². The Labute approximate surface area is 168 Å². The molecule has 0 aliphatic rings. The molecule has 3 heterocycles. The maximum Gasteiger partial charge on any atom is 0.181 e. The van der Waals surface area contributed by atoms with Crippen LogP contribution < -0.4 is 5.73 Å². The molecule has 1 unspecified atom stereocenters. The fourth-order valence-electron chi connectivity index (χ4n) is 3.71. The van der Waals surface area contributed by atoms with Gasteiger partial charge in [-0.25, -0.2) is 4.98 Å². The van der Waals surface area contributed by atoms with E-state index >= 15 is 0 Å². The van der Waals surface area contributed by atoms with Crippen molar-refractivity contribution < 1.29 is 9.21 Å². The molecule has 1 aromatic carbocycles. The third kappa shape index (κ3) is 3.33. The Morgan fingerprint density at radius 3 is 2.55 bits per heavy atom. The lowest BCUT2D eigenvalue weighted by atomic mass is 10.0. The molecule has 0 aliphatic heterocycles. The monoisotopic (exact) mass is 386 g/mol. The number of hydrogen-bond donors (Lipinski definition) is 1. The molecule has 1 atom stereocenters. The van der Waals surface area contributed by atoms with Crippen LogP contribution in [0.4, 0.5) is 0 Å². The standard InChI is InChI=1S/C23H22N4O2/c1-14(24)22(16(3)28)18-9-20-23(26-10-18)19(21-11-25-13-29-21)12-27(20)15(2)17-7-5-4-6-8-17/h4-13,15H,24H2,1-3H3. The number of rotatable bonds is 5. The summed E-state index contributed by atoms with van der Waals surface area (Å²) in [5.41, 5.74) is 11.3. The molecule has 29 heavy (non-hydrogen) atoms. The van der Waals surface area contributed by atoms with Gasteiger partial charge in [-0.15, -0.1) is 0 Å². The molecule has 6 nitrogen and oxygen atoms in total. The van der Waals surface area contributed by atoms with E-state index in [0.717, 1.165) is 22.2 Å². The topological polar surface area (TPSA) is 86.9 Å². The van der Waals surface area contributed by atoms with Gasteiger partial charge in [0.05, 0.1) is 28.8 Å². The molecule has 0 radical (unpaired) electrons. The minimum absolute atomic E-state index is 0.0520. The maximum absolute atomic E-state index is 12.2. The van der Waals surface area contributed by atoms with Gasteiger partial charge in [0.25, 0.3) is 0 Å². The van der Waals surface area contributed by atoms with Crippen LogP contribution >= 0.6 is 0 Å². The fraction of sp³-hybridized carbons (Fsp3) is 0.174. The highest BCUT2D eigenvalue weighted by Gasteiger charge is 2.20. The van der Waals surface area contributed by atoms with E-state index in [4.69, 9.17) is 10.2 Å². The van der Waals surface area contributed by atoms with Crippen molar-refractivity contribution in [3.8, 4) is 11.3 Å². The van der Waals surface area contributed by atoms with Crippen LogP contribution in [0.25, 0.3) is 27.9 Å². The number of ketones is 1. The first-order chi connectivity index (χ1) is 14.0. The lowest BCUT2D eigenvalue weighted by molar-refractivity contribution is -0.111. The number of carbonyl (C=O) groups excluding carboxylic acids is 1. The number of hydrogen-bond acceptors (Lipinski definition) is 5. The predicted octanol–water partition coefficient (Wildman–Crippen LogP) is 4.58. The first-order valence-electron chi connectivity index (χ1n) is 9.39. The summed E-state index contributed by atoms with van der Waals surface area (Å²) in [7, 11) is 0. The summed E-state index contributed by atoms with van der Waals surface area (Å²) < 4.78 is 7.67. The number of nitrogens with zero attached hydrogens (tertiary/aromatic N) is 3. The fourth-order valence-corrected chi connectivity index (χ4v) is 3.71. The molecular formula is C23H22N4O2. The SMILES string of the molecule is CC(=O)C(=C(C)N)c1cnc2c(-c3cnco3)cn(C(C)c3ccccc3)c2c1. The number of oxazole rings is 1. The van der Waals surface area contributed by atoms with Crippen molar-refractivity contribution in [2.75, 3.05) is 0 Å². The molecule has 0 aliphatic carbocycles. The van der Waals surface area contributed by atoms with Crippen LogP contribution in [0.1, 0.15) is 37.9 Å². The minimum atomic E-state index is -0.0872. The van der Waals surface area contributed by atoms with Crippen LogP contribution in [0.15, 0.2) is 71.5 Å². The van der Waals surface area contributed by atoms with Gasteiger partial charge in [-0.1, -0.05) is 30.3 Å². The third-order valence-corrected chi connectivity index (χ3v) is 5.10. The number of nitrogens with two attached hydrogens (primary N) is 1. The van der Waals surface area contributed by atoms with E-state index in [1.807, 2.05) is 30.5 Å². The first kappa shape index (κ1) is 18.7.